The highest BCUT2D eigenvalue weighted by atomic mass is 32.2. The van der Waals surface area contributed by atoms with Crippen LogP contribution in [-0.2, 0) is 16.4 Å². The van der Waals surface area contributed by atoms with Gasteiger partial charge in [-0.25, -0.2) is 18.6 Å². The van der Waals surface area contributed by atoms with Gasteiger partial charge < -0.3 is 0 Å². The minimum atomic E-state index is -3.49. The molecule has 0 aliphatic rings. The normalized spacial score (nSPS) is 12.0. The Morgan fingerprint density at radius 1 is 0.963 bits per heavy atom. The Kier molecular flexibility index (Phi) is 7.27. The number of benzene rings is 2. The van der Waals surface area contributed by atoms with Crippen molar-refractivity contribution >= 4 is 21.6 Å². The van der Waals surface area contributed by atoms with Crippen LogP contribution in [0.4, 0.5) is 0 Å². The van der Waals surface area contributed by atoms with Crippen molar-refractivity contribution in [1.29, 1.82) is 0 Å². The van der Waals surface area contributed by atoms with Crippen LogP contribution < -0.4 is 10.1 Å². The summed E-state index contributed by atoms with van der Waals surface area (Å²) in [5.41, 5.74) is 5.53. The summed E-state index contributed by atoms with van der Waals surface area (Å²) in [6.45, 7) is 6.10. The predicted octanol–water partition coefficient (Wildman–Crippen LogP) is 3.09. The lowest BCUT2D eigenvalue weighted by molar-refractivity contribution is 0.0955. The van der Waals surface area contributed by atoms with Crippen LogP contribution in [0, 0.1) is 0 Å². The quantitative estimate of drug-likeness (QED) is 0.539. The third kappa shape index (κ3) is 5.74. The first-order valence-corrected chi connectivity index (χ1v) is 10.4. The van der Waals surface area contributed by atoms with Gasteiger partial charge >= 0.3 is 0 Å². The van der Waals surface area contributed by atoms with Gasteiger partial charge in [0.1, 0.15) is 0 Å². The second-order valence-corrected chi connectivity index (χ2v) is 7.88. The molecule has 0 bridgehead atoms. The first-order valence-electron chi connectivity index (χ1n) is 8.91. The molecule has 0 aromatic heterocycles. The summed E-state index contributed by atoms with van der Waals surface area (Å²) < 4.78 is 26.7. The van der Waals surface area contributed by atoms with Crippen molar-refractivity contribution < 1.29 is 13.2 Å². The Bertz CT molecular complexity index is 902. The van der Waals surface area contributed by atoms with E-state index in [2.05, 4.69) is 22.2 Å². The Morgan fingerprint density at radius 2 is 1.56 bits per heavy atom. The number of aryl methyl sites for hydroxylation is 1. The lowest BCUT2D eigenvalue weighted by Crippen LogP contribution is -2.24. The van der Waals surface area contributed by atoms with Crippen LogP contribution in [0.1, 0.15) is 48.7 Å². The molecule has 2 aromatic carbocycles. The average molecular weight is 388 g/mol. The highest BCUT2D eigenvalue weighted by Crippen LogP contribution is 2.11. The minimum absolute atomic E-state index is 0.201. The molecule has 2 aromatic rings. The van der Waals surface area contributed by atoms with Crippen molar-refractivity contribution in [1.82, 2.24) is 10.1 Å². The van der Waals surface area contributed by atoms with Crippen molar-refractivity contribution in [3.63, 3.8) is 0 Å². The second kappa shape index (κ2) is 9.43. The van der Waals surface area contributed by atoms with Crippen LogP contribution in [0.15, 0.2) is 58.5 Å². The van der Waals surface area contributed by atoms with E-state index in [1.807, 2.05) is 19.1 Å². The fourth-order valence-corrected chi connectivity index (χ4v) is 3.48. The zero-order chi connectivity index (χ0) is 19.9. The topological polar surface area (TPSA) is 87.6 Å². The SMILES string of the molecule is CCCNS(=O)(=O)c1ccc(/C(C)=N\NC(=O)c2ccc(CC)cc2)cc1. The van der Waals surface area contributed by atoms with Gasteiger partial charge in [0.15, 0.2) is 0 Å². The molecular weight excluding hydrogens is 362 g/mol. The van der Waals surface area contributed by atoms with Gasteiger partial charge in [0, 0.05) is 12.1 Å². The summed E-state index contributed by atoms with van der Waals surface area (Å²) in [6.07, 6.45) is 1.64. The fraction of sp³-hybridized carbons (Fsp3) is 0.300. The number of carbonyl (C=O) groups excluding carboxylic acids is 1. The highest BCUT2D eigenvalue weighted by Gasteiger charge is 2.13. The molecular formula is C20H25N3O3S. The molecule has 6 nitrogen and oxygen atoms in total. The van der Waals surface area contributed by atoms with Crippen molar-refractivity contribution in [2.45, 2.75) is 38.5 Å². The van der Waals surface area contributed by atoms with Crippen LogP contribution >= 0.6 is 0 Å². The van der Waals surface area contributed by atoms with Crippen molar-refractivity contribution in [2.75, 3.05) is 6.54 Å². The smallest absolute Gasteiger partial charge is 0.267 e. The molecule has 0 aliphatic heterocycles. The third-order valence-corrected chi connectivity index (χ3v) is 5.55. The third-order valence-electron chi connectivity index (χ3n) is 4.07. The summed E-state index contributed by atoms with van der Waals surface area (Å²) in [7, 11) is -3.49. The van der Waals surface area contributed by atoms with Gasteiger partial charge in [-0.2, -0.15) is 5.10 Å². The molecule has 2 N–H and O–H groups in total. The number of nitrogens with zero attached hydrogens (tertiary/aromatic N) is 1. The van der Waals surface area contributed by atoms with E-state index in [-0.39, 0.29) is 10.8 Å². The summed E-state index contributed by atoms with van der Waals surface area (Å²) in [5.74, 6) is -0.292. The molecule has 0 saturated heterocycles. The lowest BCUT2D eigenvalue weighted by atomic mass is 10.1. The molecule has 144 valence electrons. The maximum absolute atomic E-state index is 12.2. The Morgan fingerprint density at radius 3 is 2.11 bits per heavy atom. The molecule has 0 atom stereocenters. The van der Waals surface area contributed by atoms with Gasteiger partial charge in [-0.3, -0.25) is 4.79 Å². The number of hydrazone groups is 1. The molecule has 0 spiro atoms. The summed E-state index contributed by atoms with van der Waals surface area (Å²) in [4.78, 5) is 12.4. The van der Waals surface area contributed by atoms with Gasteiger partial charge in [-0.1, -0.05) is 38.1 Å². The largest absolute Gasteiger partial charge is 0.271 e. The zero-order valence-corrected chi connectivity index (χ0v) is 16.6. The number of carbonyl (C=O) groups is 1. The van der Waals surface area contributed by atoms with E-state index >= 15 is 0 Å². The van der Waals surface area contributed by atoms with Crippen LogP contribution in [-0.4, -0.2) is 26.6 Å². The maximum Gasteiger partial charge on any atom is 0.271 e. The molecule has 0 heterocycles. The van der Waals surface area contributed by atoms with E-state index in [9.17, 15) is 13.2 Å². The fourth-order valence-electron chi connectivity index (χ4n) is 2.35. The number of hydrogen-bond donors (Lipinski definition) is 2. The number of hydrogen-bond acceptors (Lipinski definition) is 4. The predicted molar refractivity (Wildman–Crippen MR) is 107 cm³/mol. The highest BCUT2D eigenvalue weighted by molar-refractivity contribution is 7.89. The van der Waals surface area contributed by atoms with Gasteiger partial charge in [-0.05, 0) is 55.2 Å². The molecule has 1 amide bonds. The van der Waals surface area contributed by atoms with Crippen LogP contribution in [0.3, 0.4) is 0 Å². The number of amides is 1. The van der Waals surface area contributed by atoms with Crippen LogP contribution in [0.25, 0.3) is 0 Å². The lowest BCUT2D eigenvalue weighted by Gasteiger charge is -2.07. The van der Waals surface area contributed by atoms with Gasteiger partial charge in [0.25, 0.3) is 5.91 Å². The Labute approximate surface area is 160 Å². The van der Waals surface area contributed by atoms with Gasteiger partial charge in [-0.15, -0.1) is 0 Å². The summed E-state index contributed by atoms with van der Waals surface area (Å²) >= 11 is 0. The molecule has 0 saturated carbocycles. The standard InChI is InChI=1S/C20H25N3O3S/c1-4-14-21-27(25,26)19-12-10-17(11-13-19)15(3)22-23-20(24)18-8-6-16(5-2)7-9-18/h6-13,21H,4-5,14H2,1-3H3,(H,23,24)/b22-15-. The van der Waals surface area contributed by atoms with Gasteiger partial charge in [0.2, 0.25) is 10.0 Å². The number of sulfonamides is 1. The average Bonchev–Trinajstić information content (AvgIpc) is 2.70. The van der Waals surface area contributed by atoms with E-state index in [1.54, 1.807) is 31.2 Å². The first kappa shape index (κ1) is 20.8. The Balaban J connectivity index is 2.05. The molecule has 0 aliphatic carbocycles. The first-order chi connectivity index (χ1) is 12.9. The van der Waals surface area contributed by atoms with E-state index in [0.717, 1.165) is 24.0 Å². The monoisotopic (exact) mass is 387 g/mol. The van der Waals surface area contributed by atoms with Crippen molar-refractivity contribution in [2.24, 2.45) is 5.10 Å². The number of rotatable bonds is 8. The van der Waals surface area contributed by atoms with Crippen LogP contribution in [0.5, 0.6) is 0 Å². The van der Waals surface area contributed by atoms with Gasteiger partial charge in [0.05, 0.1) is 10.6 Å². The van der Waals surface area contributed by atoms with Crippen molar-refractivity contribution in [3.8, 4) is 0 Å². The van der Waals surface area contributed by atoms with Crippen molar-refractivity contribution in [3.05, 3.63) is 65.2 Å². The maximum atomic E-state index is 12.2. The van der Waals surface area contributed by atoms with E-state index < -0.39 is 10.0 Å². The molecule has 2 rings (SSSR count). The molecule has 7 heteroatoms. The second-order valence-electron chi connectivity index (χ2n) is 6.11. The summed E-state index contributed by atoms with van der Waals surface area (Å²) in [6, 6.07) is 13.7. The zero-order valence-electron chi connectivity index (χ0n) is 15.8. The molecule has 0 unspecified atom stereocenters. The van der Waals surface area contributed by atoms with E-state index in [1.165, 1.54) is 12.1 Å². The molecule has 0 radical (unpaired) electrons. The Hall–Kier alpha value is -2.51. The molecule has 0 fully saturated rings. The molecule has 27 heavy (non-hydrogen) atoms. The van der Waals surface area contributed by atoms with Crippen LogP contribution in [0.2, 0.25) is 0 Å². The van der Waals surface area contributed by atoms with E-state index in [0.29, 0.717) is 17.8 Å². The minimum Gasteiger partial charge on any atom is -0.267 e. The van der Waals surface area contributed by atoms with E-state index in [4.69, 9.17) is 0 Å². The summed E-state index contributed by atoms with van der Waals surface area (Å²) in [5, 5.41) is 4.11. The number of nitrogens with one attached hydrogen (secondary N) is 2.